The summed E-state index contributed by atoms with van der Waals surface area (Å²) in [5, 5.41) is 9.54. The minimum atomic E-state index is -1.09. The zero-order chi connectivity index (χ0) is 20.9. The lowest BCUT2D eigenvalue weighted by molar-refractivity contribution is -0.135. The molecule has 0 saturated carbocycles. The molecule has 3 aromatic rings. The number of esters is 1. The molecule has 148 valence electrons. The van der Waals surface area contributed by atoms with Crippen LogP contribution in [0.3, 0.4) is 0 Å². The van der Waals surface area contributed by atoms with Gasteiger partial charge in [-0.05, 0) is 37.3 Å². The van der Waals surface area contributed by atoms with E-state index in [4.69, 9.17) is 20.8 Å². The van der Waals surface area contributed by atoms with Crippen molar-refractivity contribution in [1.82, 2.24) is 4.57 Å². The summed E-state index contributed by atoms with van der Waals surface area (Å²) in [4.78, 5) is 36.2. The first kappa shape index (κ1) is 19.0. The molecule has 0 spiro atoms. The fourth-order valence-electron chi connectivity index (χ4n) is 3.42. The third-order valence-corrected chi connectivity index (χ3v) is 5.39. The standard InChI is InChI=1S/C21H16ClNO6/c1-10-7-17-19(20(25)23(10)2)13(9-18(24)29-17)16-6-5-15(28-16)12-8-11(21(26)27)3-4-14(12)22/h3-8,13H,9H2,1-2H3,(H,26,27)/t13-/m0/s1. The van der Waals surface area contributed by atoms with E-state index in [1.54, 1.807) is 32.2 Å². The fraction of sp³-hybridized carbons (Fsp3) is 0.190. The maximum atomic E-state index is 12.8. The number of aryl methyl sites for hydroxylation is 1. The second-order valence-corrected chi connectivity index (χ2v) is 7.27. The molecule has 0 unspecified atom stereocenters. The maximum Gasteiger partial charge on any atom is 0.335 e. The average molecular weight is 414 g/mol. The van der Waals surface area contributed by atoms with Crippen LogP contribution in [0.15, 0.2) is 45.6 Å². The van der Waals surface area contributed by atoms with E-state index in [9.17, 15) is 19.5 Å². The molecule has 1 aliphatic heterocycles. The second kappa shape index (κ2) is 6.93. The third kappa shape index (κ3) is 3.23. The molecule has 2 aromatic heterocycles. The fourth-order valence-corrected chi connectivity index (χ4v) is 3.63. The van der Waals surface area contributed by atoms with E-state index in [2.05, 4.69) is 0 Å². The molecule has 0 bridgehead atoms. The molecule has 1 N–H and O–H groups in total. The number of pyridine rings is 1. The van der Waals surface area contributed by atoms with Crippen LogP contribution < -0.4 is 10.3 Å². The van der Waals surface area contributed by atoms with Crippen molar-refractivity contribution in [2.24, 2.45) is 7.05 Å². The molecule has 1 aliphatic rings. The molecular weight excluding hydrogens is 398 g/mol. The van der Waals surface area contributed by atoms with Crippen LogP contribution in [0.5, 0.6) is 5.75 Å². The molecule has 7 nitrogen and oxygen atoms in total. The van der Waals surface area contributed by atoms with E-state index in [-0.39, 0.29) is 23.3 Å². The number of nitrogens with zero attached hydrogens (tertiary/aromatic N) is 1. The lowest BCUT2D eigenvalue weighted by atomic mass is 9.91. The number of aromatic nitrogens is 1. The van der Waals surface area contributed by atoms with E-state index in [1.807, 2.05) is 0 Å². The number of hydrogen-bond donors (Lipinski definition) is 1. The molecule has 1 aromatic carbocycles. The highest BCUT2D eigenvalue weighted by molar-refractivity contribution is 6.33. The number of carbonyl (C=O) groups excluding carboxylic acids is 1. The van der Waals surface area contributed by atoms with Gasteiger partial charge in [-0.25, -0.2) is 4.79 Å². The Balaban J connectivity index is 1.82. The Bertz CT molecular complexity index is 1220. The Morgan fingerprint density at radius 3 is 2.69 bits per heavy atom. The highest BCUT2D eigenvalue weighted by Crippen LogP contribution is 2.39. The van der Waals surface area contributed by atoms with Gasteiger partial charge in [0.2, 0.25) is 0 Å². The van der Waals surface area contributed by atoms with Gasteiger partial charge in [0.05, 0.1) is 28.5 Å². The molecule has 1 atom stereocenters. The lowest BCUT2D eigenvalue weighted by Gasteiger charge is -2.23. The summed E-state index contributed by atoms with van der Waals surface area (Å²) in [5.74, 6) is -1.18. The molecule has 3 heterocycles. The van der Waals surface area contributed by atoms with Crippen LogP contribution >= 0.6 is 11.6 Å². The van der Waals surface area contributed by atoms with E-state index in [0.717, 1.165) is 0 Å². The highest BCUT2D eigenvalue weighted by atomic mass is 35.5. The summed E-state index contributed by atoms with van der Waals surface area (Å²) in [6.07, 6.45) is -0.0405. The number of halogens is 1. The van der Waals surface area contributed by atoms with Gasteiger partial charge in [0.1, 0.15) is 17.3 Å². The summed E-state index contributed by atoms with van der Waals surface area (Å²) < 4.78 is 12.7. The quantitative estimate of drug-likeness (QED) is 0.656. The van der Waals surface area contributed by atoms with Crippen LogP contribution in [0.1, 0.15) is 39.7 Å². The summed E-state index contributed by atoms with van der Waals surface area (Å²) in [7, 11) is 1.65. The van der Waals surface area contributed by atoms with Gasteiger partial charge in [0.25, 0.3) is 5.56 Å². The minimum absolute atomic E-state index is 0.0405. The van der Waals surface area contributed by atoms with E-state index < -0.39 is 17.9 Å². The van der Waals surface area contributed by atoms with Crippen molar-refractivity contribution in [3.05, 3.63) is 74.4 Å². The molecule has 0 aliphatic carbocycles. The van der Waals surface area contributed by atoms with Gasteiger partial charge < -0.3 is 18.8 Å². The molecule has 4 rings (SSSR count). The SMILES string of the molecule is Cc1cc2c(c(=O)n1C)[C@H](c1ccc(-c3cc(C(=O)O)ccc3Cl)o1)CC(=O)O2. The summed E-state index contributed by atoms with van der Waals surface area (Å²) in [6.45, 7) is 1.75. The second-order valence-electron chi connectivity index (χ2n) is 6.86. The Morgan fingerprint density at radius 1 is 1.21 bits per heavy atom. The Labute approximate surface area is 170 Å². The molecular formula is C21H16ClNO6. The van der Waals surface area contributed by atoms with Crippen molar-refractivity contribution in [2.45, 2.75) is 19.3 Å². The third-order valence-electron chi connectivity index (χ3n) is 5.06. The predicted molar refractivity (Wildman–Crippen MR) is 105 cm³/mol. The topological polar surface area (TPSA) is 98.7 Å². The largest absolute Gasteiger partial charge is 0.478 e. The van der Waals surface area contributed by atoms with Crippen LogP contribution in [0.4, 0.5) is 0 Å². The van der Waals surface area contributed by atoms with E-state index in [1.165, 1.54) is 22.8 Å². The van der Waals surface area contributed by atoms with Crippen LogP contribution in [0.2, 0.25) is 5.02 Å². The van der Waals surface area contributed by atoms with Crippen LogP contribution in [0, 0.1) is 6.92 Å². The zero-order valence-electron chi connectivity index (χ0n) is 15.6. The van der Waals surface area contributed by atoms with Crippen molar-refractivity contribution >= 4 is 23.5 Å². The van der Waals surface area contributed by atoms with Gasteiger partial charge >= 0.3 is 11.9 Å². The molecule has 0 fully saturated rings. The number of hydrogen-bond acceptors (Lipinski definition) is 5. The maximum absolute atomic E-state index is 12.8. The number of carboxylic acid groups (broad SMARTS) is 1. The van der Waals surface area contributed by atoms with Gasteiger partial charge in [-0.1, -0.05) is 11.6 Å². The number of aromatic carboxylic acids is 1. The van der Waals surface area contributed by atoms with Crippen molar-refractivity contribution in [3.63, 3.8) is 0 Å². The van der Waals surface area contributed by atoms with Crippen LogP contribution in [-0.4, -0.2) is 21.6 Å². The summed E-state index contributed by atoms with van der Waals surface area (Å²) in [5.41, 5.74) is 1.23. The number of benzene rings is 1. The van der Waals surface area contributed by atoms with Gasteiger partial charge in [-0.3, -0.25) is 9.59 Å². The predicted octanol–water partition coefficient (Wildman–Crippen LogP) is 3.75. The molecule has 8 heteroatoms. The van der Waals surface area contributed by atoms with Crippen molar-refractivity contribution in [3.8, 4) is 17.1 Å². The van der Waals surface area contributed by atoms with Crippen molar-refractivity contribution in [1.29, 1.82) is 0 Å². The Hall–Kier alpha value is -3.32. The van der Waals surface area contributed by atoms with Crippen molar-refractivity contribution in [2.75, 3.05) is 0 Å². The van der Waals surface area contributed by atoms with Crippen LogP contribution in [0.25, 0.3) is 11.3 Å². The lowest BCUT2D eigenvalue weighted by Crippen LogP contribution is -2.31. The number of fused-ring (bicyclic) bond motifs is 1. The van der Waals surface area contributed by atoms with Gasteiger partial charge in [0, 0.05) is 24.4 Å². The first-order valence-corrected chi connectivity index (χ1v) is 9.18. The average Bonchev–Trinajstić information content (AvgIpc) is 3.15. The van der Waals surface area contributed by atoms with E-state index >= 15 is 0 Å². The number of furan rings is 1. The monoisotopic (exact) mass is 413 g/mol. The Kier molecular flexibility index (Phi) is 4.55. The van der Waals surface area contributed by atoms with Crippen molar-refractivity contribution < 1.29 is 23.8 Å². The Morgan fingerprint density at radius 2 is 1.97 bits per heavy atom. The number of ether oxygens (including phenoxy) is 1. The van der Waals surface area contributed by atoms with Gasteiger partial charge in [0.15, 0.2) is 0 Å². The highest BCUT2D eigenvalue weighted by Gasteiger charge is 2.34. The first-order chi connectivity index (χ1) is 13.8. The molecule has 29 heavy (non-hydrogen) atoms. The molecule has 0 saturated heterocycles. The van der Waals surface area contributed by atoms with E-state index in [0.29, 0.717) is 33.4 Å². The smallest absolute Gasteiger partial charge is 0.335 e. The molecule has 0 radical (unpaired) electrons. The van der Waals surface area contributed by atoms with Gasteiger partial charge in [-0.2, -0.15) is 0 Å². The molecule has 0 amide bonds. The number of carbonyl (C=O) groups is 2. The summed E-state index contributed by atoms with van der Waals surface area (Å²) >= 11 is 6.22. The number of rotatable bonds is 3. The normalized spacial score (nSPS) is 15.7. The van der Waals surface area contributed by atoms with Crippen LogP contribution in [-0.2, 0) is 11.8 Å². The zero-order valence-corrected chi connectivity index (χ0v) is 16.3. The summed E-state index contributed by atoms with van der Waals surface area (Å²) in [6, 6.07) is 9.24. The first-order valence-electron chi connectivity index (χ1n) is 8.80. The number of carboxylic acids is 1. The van der Waals surface area contributed by atoms with Gasteiger partial charge in [-0.15, -0.1) is 0 Å². The minimum Gasteiger partial charge on any atom is -0.478 e.